The minimum absolute atomic E-state index is 0.154. The molecular weight excluding hydrogens is 332 g/mol. The summed E-state index contributed by atoms with van der Waals surface area (Å²) < 4.78 is 10.6. The fourth-order valence-corrected chi connectivity index (χ4v) is 3.34. The quantitative estimate of drug-likeness (QED) is 0.858. The molecule has 0 bridgehead atoms. The summed E-state index contributed by atoms with van der Waals surface area (Å²) in [6.45, 7) is 1.22. The van der Waals surface area contributed by atoms with E-state index in [0.717, 1.165) is 29.7 Å². The molecule has 2 aromatic rings. The van der Waals surface area contributed by atoms with Crippen LogP contribution in [0.2, 0.25) is 0 Å². The SMILES string of the molecule is O=C(CC(=O)N1CCCc2ccccc21)NCc1ccc2c(c1)OCO2. The molecule has 0 fully saturated rings. The van der Waals surface area contributed by atoms with E-state index in [-0.39, 0.29) is 25.0 Å². The molecule has 4 rings (SSSR count). The summed E-state index contributed by atoms with van der Waals surface area (Å²) in [6, 6.07) is 13.4. The van der Waals surface area contributed by atoms with E-state index in [4.69, 9.17) is 9.47 Å². The van der Waals surface area contributed by atoms with E-state index in [1.54, 1.807) is 4.90 Å². The van der Waals surface area contributed by atoms with Crippen molar-refractivity contribution in [1.29, 1.82) is 0 Å². The maximum absolute atomic E-state index is 12.6. The Bertz CT molecular complexity index is 849. The second kappa shape index (κ2) is 7.07. The first-order valence-electron chi connectivity index (χ1n) is 8.74. The van der Waals surface area contributed by atoms with E-state index in [9.17, 15) is 9.59 Å². The van der Waals surface area contributed by atoms with Crippen LogP contribution >= 0.6 is 0 Å². The smallest absolute Gasteiger partial charge is 0.236 e. The van der Waals surface area contributed by atoms with E-state index in [1.807, 2.05) is 42.5 Å². The number of nitrogens with one attached hydrogen (secondary N) is 1. The molecule has 2 amide bonds. The van der Waals surface area contributed by atoms with Gasteiger partial charge in [0.1, 0.15) is 6.42 Å². The average Bonchev–Trinajstić information content (AvgIpc) is 3.13. The van der Waals surface area contributed by atoms with E-state index in [0.29, 0.717) is 24.6 Å². The lowest BCUT2D eigenvalue weighted by Gasteiger charge is -2.29. The molecule has 6 heteroatoms. The summed E-state index contributed by atoms with van der Waals surface area (Å²) in [5, 5.41) is 2.80. The number of aryl methyl sites for hydroxylation is 1. The molecule has 2 aliphatic heterocycles. The Morgan fingerprint density at radius 1 is 1.08 bits per heavy atom. The summed E-state index contributed by atoms with van der Waals surface area (Å²) in [6.07, 6.45) is 1.73. The van der Waals surface area contributed by atoms with Crippen molar-refractivity contribution in [3.8, 4) is 11.5 Å². The summed E-state index contributed by atoms with van der Waals surface area (Å²) in [7, 11) is 0. The molecule has 0 unspecified atom stereocenters. The highest BCUT2D eigenvalue weighted by atomic mass is 16.7. The first-order chi connectivity index (χ1) is 12.7. The molecule has 0 radical (unpaired) electrons. The molecule has 0 saturated heterocycles. The third-order valence-electron chi connectivity index (χ3n) is 4.65. The van der Waals surface area contributed by atoms with Gasteiger partial charge >= 0.3 is 0 Å². The number of amides is 2. The number of rotatable bonds is 4. The fourth-order valence-electron chi connectivity index (χ4n) is 3.34. The van der Waals surface area contributed by atoms with Crippen molar-refractivity contribution in [3.63, 3.8) is 0 Å². The first-order valence-corrected chi connectivity index (χ1v) is 8.74. The zero-order chi connectivity index (χ0) is 17.9. The van der Waals surface area contributed by atoms with Crippen LogP contribution in [0, 0.1) is 0 Å². The van der Waals surface area contributed by atoms with Crippen LogP contribution in [0.4, 0.5) is 5.69 Å². The highest BCUT2D eigenvalue weighted by molar-refractivity contribution is 6.05. The minimum atomic E-state index is -0.282. The Morgan fingerprint density at radius 2 is 1.92 bits per heavy atom. The van der Waals surface area contributed by atoms with Crippen molar-refractivity contribution in [2.75, 3.05) is 18.2 Å². The van der Waals surface area contributed by atoms with Gasteiger partial charge < -0.3 is 19.7 Å². The van der Waals surface area contributed by atoms with E-state index in [1.165, 1.54) is 0 Å². The summed E-state index contributed by atoms with van der Waals surface area (Å²) in [5.74, 6) is 0.938. The van der Waals surface area contributed by atoms with Crippen LogP contribution in [0.25, 0.3) is 0 Å². The topological polar surface area (TPSA) is 67.9 Å². The molecule has 0 saturated carbocycles. The molecule has 1 N–H and O–H groups in total. The van der Waals surface area contributed by atoms with Crippen LogP contribution in [0.1, 0.15) is 24.0 Å². The van der Waals surface area contributed by atoms with E-state index >= 15 is 0 Å². The Hall–Kier alpha value is -3.02. The lowest BCUT2D eigenvalue weighted by Crippen LogP contribution is -2.38. The van der Waals surface area contributed by atoms with Crippen LogP contribution < -0.4 is 19.7 Å². The van der Waals surface area contributed by atoms with Crippen molar-refractivity contribution in [3.05, 3.63) is 53.6 Å². The van der Waals surface area contributed by atoms with Gasteiger partial charge in [0.2, 0.25) is 18.6 Å². The van der Waals surface area contributed by atoms with Gasteiger partial charge in [-0.25, -0.2) is 0 Å². The number of ether oxygens (including phenoxy) is 2. The Balaban J connectivity index is 1.34. The van der Waals surface area contributed by atoms with Crippen molar-refractivity contribution >= 4 is 17.5 Å². The normalized spacial score (nSPS) is 14.7. The predicted octanol–water partition coefficient (Wildman–Crippen LogP) is 2.40. The van der Waals surface area contributed by atoms with Crippen LogP contribution in [0.3, 0.4) is 0 Å². The molecule has 0 aliphatic carbocycles. The summed E-state index contributed by atoms with van der Waals surface area (Å²) in [4.78, 5) is 26.5. The maximum Gasteiger partial charge on any atom is 0.236 e. The largest absolute Gasteiger partial charge is 0.454 e. The van der Waals surface area contributed by atoms with Crippen LogP contribution in [-0.4, -0.2) is 25.2 Å². The van der Waals surface area contributed by atoms with Gasteiger partial charge in [-0.2, -0.15) is 0 Å². The van der Waals surface area contributed by atoms with E-state index in [2.05, 4.69) is 5.32 Å². The van der Waals surface area contributed by atoms with Gasteiger partial charge in [-0.05, 0) is 42.2 Å². The Kier molecular flexibility index (Phi) is 4.48. The highest BCUT2D eigenvalue weighted by Gasteiger charge is 2.23. The van der Waals surface area contributed by atoms with Crippen LogP contribution in [0.5, 0.6) is 11.5 Å². The van der Waals surface area contributed by atoms with Crippen LogP contribution in [0.15, 0.2) is 42.5 Å². The molecule has 6 nitrogen and oxygen atoms in total. The predicted molar refractivity (Wildman–Crippen MR) is 96.1 cm³/mol. The molecule has 2 aromatic carbocycles. The number of hydrogen-bond donors (Lipinski definition) is 1. The minimum Gasteiger partial charge on any atom is -0.454 e. The van der Waals surface area contributed by atoms with E-state index < -0.39 is 0 Å². The molecule has 0 spiro atoms. The van der Waals surface area contributed by atoms with Crippen molar-refractivity contribution < 1.29 is 19.1 Å². The lowest BCUT2D eigenvalue weighted by molar-refractivity contribution is -0.128. The highest BCUT2D eigenvalue weighted by Crippen LogP contribution is 2.32. The molecule has 0 atom stereocenters. The van der Waals surface area contributed by atoms with Gasteiger partial charge in [-0.1, -0.05) is 24.3 Å². The monoisotopic (exact) mass is 352 g/mol. The lowest BCUT2D eigenvalue weighted by atomic mass is 10.0. The summed E-state index contributed by atoms with van der Waals surface area (Å²) >= 11 is 0. The number of anilines is 1. The van der Waals surface area contributed by atoms with Gasteiger partial charge in [-0.15, -0.1) is 0 Å². The molecule has 2 aliphatic rings. The van der Waals surface area contributed by atoms with Crippen molar-refractivity contribution in [2.45, 2.75) is 25.8 Å². The molecule has 26 heavy (non-hydrogen) atoms. The maximum atomic E-state index is 12.6. The second-order valence-electron chi connectivity index (χ2n) is 6.42. The Morgan fingerprint density at radius 3 is 2.85 bits per heavy atom. The van der Waals surface area contributed by atoms with Gasteiger partial charge in [0.15, 0.2) is 11.5 Å². The number of para-hydroxylation sites is 1. The number of hydrogen-bond acceptors (Lipinski definition) is 4. The van der Waals surface area contributed by atoms with Crippen molar-refractivity contribution in [1.82, 2.24) is 5.32 Å². The average molecular weight is 352 g/mol. The zero-order valence-corrected chi connectivity index (χ0v) is 14.4. The van der Waals surface area contributed by atoms with Gasteiger partial charge in [0.05, 0.1) is 0 Å². The zero-order valence-electron chi connectivity index (χ0n) is 14.4. The van der Waals surface area contributed by atoms with Crippen LogP contribution in [-0.2, 0) is 22.6 Å². The van der Waals surface area contributed by atoms with Gasteiger partial charge in [0.25, 0.3) is 0 Å². The molecule has 0 aromatic heterocycles. The number of benzene rings is 2. The molecular formula is C20H20N2O4. The standard InChI is InChI=1S/C20H20N2O4/c23-19(21-12-14-7-8-17-18(10-14)26-13-25-17)11-20(24)22-9-3-5-15-4-1-2-6-16(15)22/h1-2,4,6-8,10H,3,5,9,11-13H2,(H,21,23). The van der Waals surface area contributed by atoms with Gasteiger partial charge in [-0.3, -0.25) is 9.59 Å². The Labute approximate surface area is 151 Å². The number of nitrogens with zero attached hydrogens (tertiary/aromatic N) is 1. The third-order valence-corrected chi connectivity index (χ3v) is 4.65. The number of carbonyl (C=O) groups excluding carboxylic acids is 2. The third kappa shape index (κ3) is 3.35. The number of fused-ring (bicyclic) bond motifs is 2. The molecule has 2 heterocycles. The summed E-state index contributed by atoms with van der Waals surface area (Å²) in [5.41, 5.74) is 2.98. The first kappa shape index (κ1) is 16.4. The fraction of sp³-hybridized carbons (Fsp3) is 0.300. The number of carbonyl (C=O) groups is 2. The van der Waals surface area contributed by atoms with Gasteiger partial charge in [0, 0.05) is 18.8 Å². The van der Waals surface area contributed by atoms with Crippen molar-refractivity contribution in [2.24, 2.45) is 0 Å². The molecule has 134 valence electrons. The second-order valence-corrected chi connectivity index (χ2v) is 6.42.